The van der Waals surface area contributed by atoms with Gasteiger partial charge in [0.2, 0.25) is 6.79 Å². The van der Waals surface area contributed by atoms with E-state index in [0.29, 0.717) is 6.61 Å². The Kier molecular flexibility index (Phi) is 12.4. The van der Waals surface area contributed by atoms with Gasteiger partial charge in [-0.05, 0) is 68.8 Å². The normalized spacial score (nSPS) is 12.8. The highest BCUT2D eigenvalue weighted by atomic mass is 32.2. The minimum Gasteiger partial charge on any atom is -0.498 e. The topological polar surface area (TPSA) is 48.8 Å². The molecule has 0 saturated carbocycles. The third-order valence-corrected chi connectivity index (χ3v) is 8.83. The zero-order chi connectivity index (χ0) is 32.1. The minimum atomic E-state index is 0.275. The number of benzene rings is 3. The molecule has 0 fully saturated rings. The van der Waals surface area contributed by atoms with E-state index in [0.717, 1.165) is 91.8 Å². The summed E-state index contributed by atoms with van der Waals surface area (Å²) >= 11 is 1.76. The van der Waals surface area contributed by atoms with Crippen molar-refractivity contribution in [2.45, 2.75) is 71.0 Å². The van der Waals surface area contributed by atoms with Crippen molar-refractivity contribution in [1.29, 1.82) is 0 Å². The van der Waals surface area contributed by atoms with Gasteiger partial charge in [0, 0.05) is 48.6 Å². The van der Waals surface area contributed by atoms with Crippen LogP contribution >= 0.6 is 11.8 Å². The average molecular weight is 638 g/mol. The van der Waals surface area contributed by atoms with Crippen molar-refractivity contribution in [3.8, 4) is 34.1 Å². The summed E-state index contributed by atoms with van der Waals surface area (Å²) in [5, 5.41) is 0. The molecule has 0 atom stereocenters. The summed E-state index contributed by atoms with van der Waals surface area (Å²) in [7, 11) is 0. The summed E-state index contributed by atoms with van der Waals surface area (Å²) in [4.78, 5) is 9.17. The van der Waals surface area contributed by atoms with Crippen molar-refractivity contribution in [1.82, 2.24) is 14.5 Å². The van der Waals surface area contributed by atoms with E-state index in [9.17, 15) is 0 Å². The van der Waals surface area contributed by atoms with E-state index in [-0.39, 0.29) is 6.79 Å². The molecule has 2 heterocycles. The van der Waals surface area contributed by atoms with Crippen LogP contribution in [0.4, 0.5) is 0 Å². The van der Waals surface area contributed by atoms with Crippen LogP contribution in [0.2, 0.25) is 0 Å². The first-order valence-electron chi connectivity index (χ1n) is 16.5. The number of ether oxygens (including phenoxy) is 3. The summed E-state index contributed by atoms with van der Waals surface area (Å²) in [6, 6.07) is 25.7. The molecule has 1 aromatic heterocycles. The van der Waals surface area contributed by atoms with Gasteiger partial charge in [-0.25, -0.2) is 4.98 Å². The maximum absolute atomic E-state index is 5.97. The minimum absolute atomic E-state index is 0.275. The number of hydrogen-bond donors (Lipinski definition) is 0. The number of imidazole rings is 1. The molecule has 0 bridgehead atoms. The highest BCUT2D eigenvalue weighted by Crippen LogP contribution is 2.35. The van der Waals surface area contributed by atoms with Crippen LogP contribution in [-0.2, 0) is 24.4 Å². The number of rotatable bonds is 17. The molecule has 0 spiro atoms. The zero-order valence-corrected chi connectivity index (χ0v) is 28.5. The number of thioether (sulfide) groups is 1. The monoisotopic (exact) mass is 637 g/mol. The molecule has 0 amide bonds. The van der Waals surface area contributed by atoms with Crippen LogP contribution in [0.15, 0.2) is 102 Å². The van der Waals surface area contributed by atoms with Crippen LogP contribution < -0.4 is 9.47 Å². The quantitative estimate of drug-likeness (QED) is 0.0653. The lowest BCUT2D eigenvalue weighted by Crippen LogP contribution is -2.26. The lowest BCUT2D eigenvalue weighted by molar-refractivity contribution is 0.174. The van der Waals surface area contributed by atoms with E-state index in [1.54, 1.807) is 11.8 Å². The van der Waals surface area contributed by atoms with Gasteiger partial charge < -0.3 is 18.8 Å². The molecule has 0 N–H and O–H groups in total. The lowest BCUT2D eigenvalue weighted by atomic mass is 10.1. The molecule has 242 valence electrons. The molecule has 4 aromatic rings. The van der Waals surface area contributed by atoms with Gasteiger partial charge in [0.1, 0.15) is 5.82 Å². The third-order valence-electron chi connectivity index (χ3n) is 8.10. The Morgan fingerprint density at radius 1 is 0.978 bits per heavy atom. The maximum atomic E-state index is 5.97. The summed E-state index contributed by atoms with van der Waals surface area (Å²) in [5.41, 5.74) is 5.79. The Morgan fingerprint density at radius 3 is 2.59 bits per heavy atom. The number of aromatic nitrogens is 2. The van der Waals surface area contributed by atoms with Crippen molar-refractivity contribution in [2.75, 3.05) is 26.2 Å². The second-order valence-corrected chi connectivity index (χ2v) is 12.3. The predicted octanol–water partition coefficient (Wildman–Crippen LogP) is 9.75. The number of fused-ring (bicyclic) bond motifs is 1. The van der Waals surface area contributed by atoms with Gasteiger partial charge in [-0.15, -0.1) is 11.8 Å². The van der Waals surface area contributed by atoms with Crippen molar-refractivity contribution < 1.29 is 14.2 Å². The molecule has 0 radical (unpaired) electrons. The molecule has 6 nitrogen and oxygen atoms in total. The lowest BCUT2D eigenvalue weighted by Gasteiger charge is -2.24. The number of allylic oxidation sites excluding steroid dienone is 2. The van der Waals surface area contributed by atoms with Crippen molar-refractivity contribution in [3.05, 3.63) is 108 Å². The van der Waals surface area contributed by atoms with Crippen molar-refractivity contribution in [2.24, 2.45) is 0 Å². The van der Waals surface area contributed by atoms with E-state index in [1.807, 2.05) is 13.0 Å². The number of hydrogen-bond acceptors (Lipinski definition) is 6. The average Bonchev–Trinajstić information content (AvgIpc) is 3.71. The van der Waals surface area contributed by atoms with Crippen LogP contribution in [-0.4, -0.2) is 40.7 Å². The molecule has 0 aliphatic carbocycles. The molecule has 46 heavy (non-hydrogen) atoms. The molecule has 1 aliphatic heterocycles. The van der Waals surface area contributed by atoms with Crippen LogP contribution in [0.5, 0.6) is 11.5 Å². The van der Waals surface area contributed by atoms with Crippen LogP contribution in [0.1, 0.15) is 57.7 Å². The van der Waals surface area contributed by atoms with Crippen LogP contribution in [0, 0.1) is 0 Å². The van der Waals surface area contributed by atoms with E-state index in [1.165, 1.54) is 16.2 Å². The first-order chi connectivity index (χ1) is 22.6. The maximum Gasteiger partial charge on any atom is 0.231 e. The third kappa shape index (κ3) is 8.65. The van der Waals surface area contributed by atoms with E-state index in [4.69, 9.17) is 19.2 Å². The molecular weight excluding hydrogens is 591 g/mol. The molecule has 7 heteroatoms. The van der Waals surface area contributed by atoms with E-state index in [2.05, 4.69) is 115 Å². The van der Waals surface area contributed by atoms with Gasteiger partial charge in [0.05, 0.1) is 23.8 Å². The van der Waals surface area contributed by atoms with Gasteiger partial charge in [-0.3, -0.25) is 4.90 Å². The standard InChI is InChI=1S/C39H47N3O3S/c1-5-8-18-33(43-7-3)19-14-23-41(27-30-21-22-36-37(25-30)45-29-44-36)28-35-38(32-17-13-20-34(26-32)46-4)40-39(42(35)24-9-6-2)31-15-11-10-12-16-31/h5,8,10-13,15-17,19-22,25-26H,6-7,9,14,18,23-24,27-29H2,1-4H3/b8-5-,33-19+. The van der Waals surface area contributed by atoms with Crippen LogP contribution in [0.25, 0.3) is 22.6 Å². The number of nitrogens with zero attached hydrogens (tertiary/aromatic N) is 3. The Morgan fingerprint density at radius 2 is 1.80 bits per heavy atom. The Bertz CT molecular complexity index is 1610. The predicted molar refractivity (Wildman–Crippen MR) is 190 cm³/mol. The second-order valence-electron chi connectivity index (χ2n) is 11.4. The molecular formula is C39H47N3O3S. The number of unbranched alkanes of at least 4 members (excludes halogenated alkanes) is 1. The molecule has 0 unspecified atom stereocenters. The molecule has 0 saturated heterocycles. The first-order valence-corrected chi connectivity index (χ1v) is 17.7. The van der Waals surface area contributed by atoms with Crippen LogP contribution in [0.3, 0.4) is 0 Å². The SMILES string of the molecule is C/C=C\C/C(=C\CCN(Cc1ccc2c(c1)OCO2)Cc1c(-c2cccc(SC)c2)nc(-c2ccccc2)n1CCCC)OCC. The van der Waals surface area contributed by atoms with Crippen molar-refractivity contribution in [3.63, 3.8) is 0 Å². The fourth-order valence-corrected chi connectivity index (χ4v) is 6.22. The van der Waals surface area contributed by atoms with Gasteiger partial charge in [0.25, 0.3) is 0 Å². The van der Waals surface area contributed by atoms with Gasteiger partial charge in [-0.1, -0.05) is 74.0 Å². The first kappa shape index (κ1) is 33.4. The summed E-state index contributed by atoms with van der Waals surface area (Å²) in [6.07, 6.45) is 12.5. The zero-order valence-electron chi connectivity index (χ0n) is 27.7. The molecule has 1 aliphatic rings. The second kappa shape index (κ2) is 17.1. The highest BCUT2D eigenvalue weighted by molar-refractivity contribution is 7.98. The highest BCUT2D eigenvalue weighted by Gasteiger charge is 2.23. The Labute approximate surface area is 279 Å². The van der Waals surface area contributed by atoms with Gasteiger partial charge in [0.15, 0.2) is 11.5 Å². The molecule has 3 aromatic carbocycles. The Hall–Kier alpha value is -3.94. The molecule has 5 rings (SSSR count). The van der Waals surface area contributed by atoms with Gasteiger partial charge in [-0.2, -0.15) is 0 Å². The van der Waals surface area contributed by atoms with Crippen molar-refractivity contribution >= 4 is 11.8 Å². The largest absolute Gasteiger partial charge is 0.498 e. The fourth-order valence-electron chi connectivity index (χ4n) is 5.76. The summed E-state index contributed by atoms with van der Waals surface area (Å²) in [5.74, 6) is 3.68. The van der Waals surface area contributed by atoms with Gasteiger partial charge >= 0.3 is 0 Å². The summed E-state index contributed by atoms with van der Waals surface area (Å²) in [6.45, 7) is 10.6. The van der Waals surface area contributed by atoms with E-state index >= 15 is 0 Å². The summed E-state index contributed by atoms with van der Waals surface area (Å²) < 4.78 is 19.8. The fraction of sp³-hybridized carbons (Fsp3) is 0.359. The smallest absolute Gasteiger partial charge is 0.231 e. The van der Waals surface area contributed by atoms with E-state index < -0.39 is 0 Å². The Balaban J connectivity index is 1.56.